The minimum absolute atomic E-state index is 0.315. The van der Waals surface area contributed by atoms with Crippen molar-refractivity contribution in [2.24, 2.45) is 11.6 Å². The molecule has 1 aliphatic heterocycles. The first-order chi connectivity index (χ1) is 9.25. The molecule has 20 heavy (non-hydrogen) atoms. The fourth-order valence-corrected chi connectivity index (χ4v) is 2.02. The molecule has 1 aromatic carbocycles. The number of anilines is 1. The number of nitrogens with one attached hydrogen (secondary N) is 1. The second-order valence-electron chi connectivity index (χ2n) is 4.65. The molecule has 0 atom stereocenters. The van der Waals surface area contributed by atoms with E-state index in [0.717, 1.165) is 17.7 Å². The lowest BCUT2D eigenvalue weighted by molar-refractivity contribution is -0.137. The van der Waals surface area contributed by atoms with Gasteiger partial charge < -0.3 is 11.1 Å². The van der Waals surface area contributed by atoms with Crippen LogP contribution in [0.3, 0.4) is 0 Å². The van der Waals surface area contributed by atoms with Gasteiger partial charge in [0.1, 0.15) is 5.82 Å². The van der Waals surface area contributed by atoms with Crippen molar-refractivity contribution in [1.82, 2.24) is 5.01 Å². The Morgan fingerprint density at radius 2 is 1.95 bits per heavy atom. The maximum absolute atomic E-state index is 12.8. The van der Waals surface area contributed by atoms with Gasteiger partial charge in [-0.25, -0.2) is 5.84 Å². The molecule has 108 valence electrons. The molecule has 0 saturated heterocycles. The monoisotopic (exact) mass is 284 g/mol. The van der Waals surface area contributed by atoms with Crippen molar-refractivity contribution in [2.45, 2.75) is 20.0 Å². The number of fused-ring (bicyclic) bond motifs is 1. The number of nitrogens with two attached hydrogens (primary N) is 2. The van der Waals surface area contributed by atoms with Crippen LogP contribution in [0, 0.1) is 0 Å². The average Bonchev–Trinajstić information content (AvgIpc) is 2.36. The number of alkyl halides is 3. The van der Waals surface area contributed by atoms with Crippen molar-refractivity contribution in [3.05, 3.63) is 46.9 Å². The minimum Gasteiger partial charge on any atom is -0.403 e. The molecule has 4 nitrogen and oxygen atoms in total. The van der Waals surface area contributed by atoms with Gasteiger partial charge in [0.2, 0.25) is 0 Å². The van der Waals surface area contributed by atoms with Crippen molar-refractivity contribution < 1.29 is 13.2 Å². The lowest BCUT2D eigenvalue weighted by atomic mass is 10.0. The van der Waals surface area contributed by atoms with Gasteiger partial charge in [-0.2, -0.15) is 13.2 Å². The first-order valence-electron chi connectivity index (χ1n) is 5.88. The van der Waals surface area contributed by atoms with Crippen molar-refractivity contribution >= 4 is 11.4 Å². The molecule has 0 fully saturated rings. The summed E-state index contributed by atoms with van der Waals surface area (Å²) in [6, 6.07) is 3.43. The number of allylic oxidation sites excluding steroid dienone is 1. The van der Waals surface area contributed by atoms with Gasteiger partial charge in [0, 0.05) is 17.5 Å². The first-order valence-corrected chi connectivity index (χ1v) is 5.88. The Morgan fingerprint density at radius 3 is 2.45 bits per heavy atom. The van der Waals surface area contributed by atoms with E-state index in [0.29, 0.717) is 22.8 Å². The second kappa shape index (κ2) is 4.75. The molecule has 0 amide bonds. The maximum atomic E-state index is 12.8. The molecule has 0 saturated carbocycles. The van der Waals surface area contributed by atoms with E-state index in [-0.39, 0.29) is 0 Å². The zero-order valence-electron chi connectivity index (χ0n) is 11.0. The number of hydrogen-bond acceptors (Lipinski definition) is 4. The first kappa shape index (κ1) is 14.3. The van der Waals surface area contributed by atoms with E-state index in [9.17, 15) is 13.2 Å². The van der Waals surface area contributed by atoms with E-state index in [1.54, 1.807) is 0 Å². The van der Waals surface area contributed by atoms with Gasteiger partial charge in [0.15, 0.2) is 0 Å². The molecule has 0 radical (unpaired) electrons. The molecule has 0 spiro atoms. The fourth-order valence-electron chi connectivity index (χ4n) is 2.02. The summed E-state index contributed by atoms with van der Waals surface area (Å²) in [6.07, 6.45) is -3.21. The van der Waals surface area contributed by atoms with Crippen LogP contribution < -0.4 is 16.9 Å². The van der Waals surface area contributed by atoms with E-state index in [1.165, 1.54) is 17.3 Å². The summed E-state index contributed by atoms with van der Waals surface area (Å²) in [5.74, 6) is 6.48. The fraction of sp³-hybridized carbons (Fsp3) is 0.231. The number of nitrogens with zero attached hydrogens (tertiary/aromatic N) is 1. The Kier molecular flexibility index (Phi) is 3.39. The highest BCUT2D eigenvalue weighted by Gasteiger charge is 2.33. The predicted molar refractivity (Wildman–Crippen MR) is 71.6 cm³/mol. The largest absolute Gasteiger partial charge is 0.416 e. The number of benzene rings is 1. The number of rotatable bonds is 0. The number of hydrogen-bond donors (Lipinski definition) is 3. The van der Waals surface area contributed by atoms with Gasteiger partial charge in [-0.1, -0.05) is 0 Å². The third kappa shape index (κ3) is 2.32. The molecule has 0 unspecified atom stereocenters. The van der Waals surface area contributed by atoms with Crippen LogP contribution in [0.25, 0.3) is 5.70 Å². The van der Waals surface area contributed by atoms with Crippen LogP contribution in [-0.4, -0.2) is 5.01 Å². The van der Waals surface area contributed by atoms with Crippen LogP contribution >= 0.6 is 0 Å². The topological polar surface area (TPSA) is 67.3 Å². The van der Waals surface area contributed by atoms with Crippen LogP contribution in [0.4, 0.5) is 18.9 Å². The highest BCUT2D eigenvalue weighted by molar-refractivity contribution is 5.81. The van der Waals surface area contributed by atoms with Crippen molar-refractivity contribution in [2.75, 3.05) is 5.32 Å². The average molecular weight is 284 g/mol. The third-order valence-corrected chi connectivity index (χ3v) is 3.01. The van der Waals surface area contributed by atoms with Crippen molar-refractivity contribution in [1.29, 1.82) is 0 Å². The van der Waals surface area contributed by atoms with Crippen LogP contribution in [0.5, 0.6) is 0 Å². The summed E-state index contributed by atoms with van der Waals surface area (Å²) in [5.41, 5.74) is 6.83. The Morgan fingerprint density at radius 1 is 1.30 bits per heavy atom. The molecule has 5 N–H and O–H groups in total. The molecule has 1 aliphatic rings. The standard InChI is InChI=1S/C13H15F3N4/c1-7(2)12-19-10-4-3-8(13(14,15)16)5-9(10)11(6-17)20(12)18/h3-6,19H,17-18H2,1-2H3/b11-6-. The summed E-state index contributed by atoms with van der Waals surface area (Å²) in [4.78, 5) is 0. The minimum atomic E-state index is -4.41. The molecule has 7 heteroatoms. The summed E-state index contributed by atoms with van der Waals surface area (Å²) in [6.45, 7) is 3.68. The van der Waals surface area contributed by atoms with Gasteiger partial charge >= 0.3 is 6.18 Å². The zero-order valence-corrected chi connectivity index (χ0v) is 11.0. The van der Waals surface area contributed by atoms with E-state index in [1.807, 2.05) is 13.8 Å². The molecule has 1 heterocycles. The van der Waals surface area contributed by atoms with Crippen LogP contribution in [0.15, 0.2) is 35.8 Å². The Bertz CT molecular complexity index is 598. The van der Waals surface area contributed by atoms with E-state index in [2.05, 4.69) is 5.32 Å². The highest BCUT2D eigenvalue weighted by Crippen LogP contribution is 2.38. The second-order valence-corrected chi connectivity index (χ2v) is 4.65. The van der Waals surface area contributed by atoms with Crippen LogP contribution in [0.2, 0.25) is 0 Å². The Hall–Kier alpha value is -2.15. The molecule has 0 aromatic heterocycles. The SMILES string of the molecule is CC(C)=C1Nc2ccc(C(F)(F)F)cc2/C(=C/N)N1N. The summed E-state index contributed by atoms with van der Waals surface area (Å²) >= 11 is 0. The van der Waals surface area contributed by atoms with Crippen LogP contribution in [0.1, 0.15) is 25.0 Å². The normalized spacial score (nSPS) is 17.0. The molecule has 2 rings (SSSR count). The van der Waals surface area contributed by atoms with Gasteiger partial charge in [-0.3, -0.25) is 5.01 Å². The molecular weight excluding hydrogens is 269 g/mol. The highest BCUT2D eigenvalue weighted by atomic mass is 19.4. The van der Waals surface area contributed by atoms with Gasteiger partial charge in [0.05, 0.1) is 11.3 Å². The van der Waals surface area contributed by atoms with Gasteiger partial charge in [0.25, 0.3) is 0 Å². The maximum Gasteiger partial charge on any atom is 0.416 e. The third-order valence-electron chi connectivity index (χ3n) is 3.01. The quantitative estimate of drug-likeness (QED) is 0.641. The summed E-state index contributed by atoms with van der Waals surface area (Å²) < 4.78 is 38.3. The van der Waals surface area contributed by atoms with Crippen molar-refractivity contribution in [3.63, 3.8) is 0 Å². The smallest absolute Gasteiger partial charge is 0.403 e. The predicted octanol–water partition coefficient (Wildman–Crippen LogP) is 2.82. The van der Waals surface area contributed by atoms with E-state index < -0.39 is 11.7 Å². The number of hydrazine groups is 1. The lowest BCUT2D eigenvalue weighted by Gasteiger charge is -2.33. The van der Waals surface area contributed by atoms with Gasteiger partial charge in [-0.05, 0) is 37.6 Å². The molecule has 0 bridgehead atoms. The van der Waals surface area contributed by atoms with Crippen molar-refractivity contribution in [3.8, 4) is 0 Å². The van der Waals surface area contributed by atoms with E-state index in [4.69, 9.17) is 11.6 Å². The lowest BCUT2D eigenvalue weighted by Crippen LogP contribution is -2.37. The van der Waals surface area contributed by atoms with Crippen LogP contribution in [-0.2, 0) is 6.18 Å². The van der Waals surface area contributed by atoms with E-state index >= 15 is 0 Å². The molecule has 1 aromatic rings. The molecule has 0 aliphatic carbocycles. The summed E-state index contributed by atoms with van der Waals surface area (Å²) in [5, 5.41) is 4.25. The number of halogens is 3. The Labute approximate surface area is 114 Å². The Balaban J connectivity index is 2.62. The summed E-state index contributed by atoms with van der Waals surface area (Å²) in [7, 11) is 0. The van der Waals surface area contributed by atoms with Gasteiger partial charge in [-0.15, -0.1) is 0 Å². The molecular formula is C13H15F3N4. The zero-order chi connectivity index (χ0) is 15.1.